The molecule has 3 unspecified atom stereocenters. The second-order valence-corrected chi connectivity index (χ2v) is 19.9. The number of hydrogen-bond donors (Lipinski definition) is 4. The zero-order chi connectivity index (χ0) is 47.9. The molecule has 0 aromatic heterocycles. The lowest BCUT2D eigenvalue weighted by atomic mass is 10.0. The van der Waals surface area contributed by atoms with Gasteiger partial charge in [-0.2, -0.15) is 0 Å². The van der Waals surface area contributed by atoms with Crippen LogP contribution in [0.25, 0.3) is 0 Å². The van der Waals surface area contributed by atoms with Crippen LogP contribution < -0.4 is 5.32 Å². The smallest absolute Gasteiger partial charge is 0.222 e. The lowest BCUT2D eigenvalue weighted by Gasteiger charge is -2.21. The van der Waals surface area contributed by atoms with E-state index in [-0.39, 0.29) is 18.9 Å². The van der Waals surface area contributed by atoms with Gasteiger partial charge in [0.15, 0.2) is 0 Å². The number of aliphatic hydroxyl groups excluding tert-OH is 3. The van der Waals surface area contributed by atoms with Crippen molar-refractivity contribution in [2.45, 2.75) is 315 Å². The van der Waals surface area contributed by atoms with Crippen LogP contribution >= 0.6 is 0 Å². The van der Waals surface area contributed by atoms with Gasteiger partial charge in [0, 0.05) is 0 Å². The van der Waals surface area contributed by atoms with Crippen molar-refractivity contribution in [2.24, 2.45) is 0 Å². The first-order valence-electron chi connectivity index (χ1n) is 29.1. The van der Waals surface area contributed by atoms with Crippen molar-refractivity contribution in [1.29, 1.82) is 0 Å². The second kappa shape index (κ2) is 55.6. The van der Waals surface area contributed by atoms with Crippen molar-refractivity contribution in [3.05, 3.63) is 60.8 Å². The molecule has 0 aliphatic carbocycles. The van der Waals surface area contributed by atoms with Crippen LogP contribution in [0, 0.1) is 0 Å². The SMILES string of the molecule is CCCCCCCCCC/C=C/CC/C=C/CC/C=C/C(O)C(CO)NC(=O)CC(O)CCCCCCCCCCCCCCCCC/C=C\C/C=C\CCCCCCCCCCCCC. The molecule has 0 aliphatic rings. The summed E-state index contributed by atoms with van der Waals surface area (Å²) in [5, 5.41) is 33.4. The normalized spacial score (nSPS) is 13.7. The third-order valence-electron chi connectivity index (χ3n) is 13.3. The predicted molar refractivity (Wildman–Crippen MR) is 291 cm³/mol. The summed E-state index contributed by atoms with van der Waals surface area (Å²) in [5.41, 5.74) is 0. The third-order valence-corrected chi connectivity index (χ3v) is 13.3. The maximum Gasteiger partial charge on any atom is 0.222 e. The topological polar surface area (TPSA) is 89.8 Å². The minimum atomic E-state index is -0.962. The predicted octanol–water partition coefficient (Wildman–Crippen LogP) is 18.2. The fraction of sp³-hybridized carbons (Fsp3) is 0.820. The summed E-state index contributed by atoms with van der Waals surface area (Å²) in [6.07, 6.45) is 75.6. The Morgan fingerprint density at radius 2 is 0.697 bits per heavy atom. The van der Waals surface area contributed by atoms with Crippen molar-refractivity contribution >= 4 is 5.91 Å². The number of nitrogens with one attached hydrogen (secondary N) is 1. The Hall–Kier alpha value is -1.95. The van der Waals surface area contributed by atoms with Crippen molar-refractivity contribution in [3.8, 4) is 0 Å². The van der Waals surface area contributed by atoms with Crippen LogP contribution in [0.1, 0.15) is 296 Å². The summed E-state index contributed by atoms with van der Waals surface area (Å²) in [5.74, 6) is -0.328. The number of hydrogen-bond acceptors (Lipinski definition) is 4. The molecule has 3 atom stereocenters. The molecule has 0 spiro atoms. The van der Waals surface area contributed by atoms with Gasteiger partial charge < -0.3 is 20.6 Å². The van der Waals surface area contributed by atoms with E-state index in [0.29, 0.717) is 6.42 Å². The molecule has 0 aromatic rings. The molecule has 0 saturated heterocycles. The Bertz CT molecular complexity index is 1110. The van der Waals surface area contributed by atoms with Gasteiger partial charge in [-0.25, -0.2) is 0 Å². The summed E-state index contributed by atoms with van der Waals surface area (Å²) in [6, 6.07) is -0.770. The van der Waals surface area contributed by atoms with Crippen LogP contribution in [-0.2, 0) is 4.79 Å². The summed E-state index contributed by atoms with van der Waals surface area (Å²) in [6.45, 7) is 4.21. The minimum Gasteiger partial charge on any atom is -0.394 e. The van der Waals surface area contributed by atoms with E-state index in [1.165, 1.54) is 225 Å². The molecule has 5 nitrogen and oxygen atoms in total. The van der Waals surface area contributed by atoms with E-state index in [1.807, 2.05) is 6.08 Å². The van der Waals surface area contributed by atoms with Crippen LogP contribution in [0.4, 0.5) is 0 Å². The molecule has 0 aliphatic heterocycles. The Morgan fingerprint density at radius 3 is 1.06 bits per heavy atom. The van der Waals surface area contributed by atoms with E-state index in [0.717, 1.165) is 44.9 Å². The zero-order valence-corrected chi connectivity index (χ0v) is 44.1. The van der Waals surface area contributed by atoms with Crippen LogP contribution in [0.5, 0.6) is 0 Å². The number of rotatable bonds is 53. The van der Waals surface area contributed by atoms with Gasteiger partial charge in [0.05, 0.1) is 31.3 Å². The molecule has 0 rings (SSSR count). The monoisotopic (exact) mass is 924 g/mol. The highest BCUT2D eigenvalue weighted by Crippen LogP contribution is 2.17. The molecule has 5 heteroatoms. The van der Waals surface area contributed by atoms with Gasteiger partial charge in [0.1, 0.15) is 0 Å². The van der Waals surface area contributed by atoms with E-state index >= 15 is 0 Å². The van der Waals surface area contributed by atoms with Gasteiger partial charge in [-0.3, -0.25) is 4.79 Å². The fourth-order valence-corrected chi connectivity index (χ4v) is 8.82. The summed E-state index contributed by atoms with van der Waals surface area (Å²) < 4.78 is 0. The van der Waals surface area contributed by atoms with Crippen LogP contribution in [0.2, 0.25) is 0 Å². The lowest BCUT2D eigenvalue weighted by Crippen LogP contribution is -2.45. The summed E-state index contributed by atoms with van der Waals surface area (Å²) in [7, 11) is 0. The molecular weight excluding hydrogens is 811 g/mol. The fourth-order valence-electron chi connectivity index (χ4n) is 8.82. The number of carbonyl (C=O) groups excluding carboxylic acids is 1. The van der Waals surface area contributed by atoms with Gasteiger partial charge >= 0.3 is 0 Å². The lowest BCUT2D eigenvalue weighted by molar-refractivity contribution is -0.124. The molecule has 0 radical (unpaired) electrons. The van der Waals surface area contributed by atoms with Crippen LogP contribution in [0.15, 0.2) is 60.8 Å². The first kappa shape index (κ1) is 64.0. The number of amides is 1. The van der Waals surface area contributed by atoms with E-state index in [4.69, 9.17) is 0 Å². The van der Waals surface area contributed by atoms with E-state index < -0.39 is 18.2 Å². The molecular formula is C61H113NO4. The molecule has 0 heterocycles. The first-order chi connectivity index (χ1) is 32.5. The van der Waals surface area contributed by atoms with Gasteiger partial charge in [-0.05, 0) is 77.0 Å². The van der Waals surface area contributed by atoms with Gasteiger partial charge in [-0.1, -0.05) is 274 Å². The van der Waals surface area contributed by atoms with E-state index in [2.05, 4.69) is 67.8 Å². The highest BCUT2D eigenvalue weighted by atomic mass is 16.3. The average molecular weight is 925 g/mol. The largest absolute Gasteiger partial charge is 0.394 e. The third kappa shape index (κ3) is 51.4. The number of carbonyl (C=O) groups is 1. The molecule has 4 N–H and O–H groups in total. The van der Waals surface area contributed by atoms with Crippen LogP contribution in [0.3, 0.4) is 0 Å². The molecule has 386 valence electrons. The number of unbranched alkanes of at least 4 members (excludes halogenated alkanes) is 36. The maximum atomic E-state index is 12.5. The molecule has 1 amide bonds. The van der Waals surface area contributed by atoms with E-state index in [1.54, 1.807) is 6.08 Å². The quantitative estimate of drug-likeness (QED) is 0.0361. The average Bonchev–Trinajstić information content (AvgIpc) is 3.31. The molecule has 0 bridgehead atoms. The zero-order valence-electron chi connectivity index (χ0n) is 44.1. The highest BCUT2D eigenvalue weighted by molar-refractivity contribution is 5.76. The number of allylic oxidation sites excluding steroid dienone is 9. The van der Waals surface area contributed by atoms with E-state index in [9.17, 15) is 20.1 Å². The molecule has 0 fully saturated rings. The first-order valence-corrected chi connectivity index (χ1v) is 29.1. The Morgan fingerprint density at radius 1 is 0.394 bits per heavy atom. The summed E-state index contributed by atoms with van der Waals surface area (Å²) in [4.78, 5) is 12.5. The molecule has 66 heavy (non-hydrogen) atoms. The van der Waals surface area contributed by atoms with Gasteiger partial charge in [0.25, 0.3) is 0 Å². The standard InChI is InChI=1S/C61H113NO4/c1-3-5-7-9-11-13-15-17-19-21-23-24-25-26-27-28-29-30-31-32-33-34-35-36-37-38-40-42-44-46-48-50-52-54-58(64)56-61(66)62-59(57-63)60(65)55-53-51-49-47-45-43-41-39-22-20-18-16-14-12-10-8-6-4-2/h22,25-26,28-29,39,45,47,53,55,58-60,63-65H,3-21,23-24,27,30-38,40-44,46,48-52,54,56-57H2,1-2H3,(H,62,66)/b26-25-,29-28-,39-22+,47-45+,55-53+. The summed E-state index contributed by atoms with van der Waals surface area (Å²) >= 11 is 0. The maximum absolute atomic E-state index is 12.5. The molecule has 0 saturated carbocycles. The highest BCUT2D eigenvalue weighted by Gasteiger charge is 2.20. The minimum absolute atomic E-state index is 0.00150. The van der Waals surface area contributed by atoms with Crippen molar-refractivity contribution in [3.63, 3.8) is 0 Å². The number of aliphatic hydroxyl groups is 3. The Labute approximate surface area is 411 Å². The van der Waals surface area contributed by atoms with Crippen molar-refractivity contribution < 1.29 is 20.1 Å². The second-order valence-electron chi connectivity index (χ2n) is 19.9. The Kier molecular flexibility index (Phi) is 54.0. The molecule has 0 aromatic carbocycles. The van der Waals surface area contributed by atoms with Gasteiger partial charge in [0.2, 0.25) is 5.91 Å². The van der Waals surface area contributed by atoms with Crippen molar-refractivity contribution in [1.82, 2.24) is 5.32 Å². The van der Waals surface area contributed by atoms with Crippen molar-refractivity contribution in [2.75, 3.05) is 6.61 Å². The van der Waals surface area contributed by atoms with Crippen LogP contribution in [-0.4, -0.2) is 46.1 Å². The Balaban J connectivity index is 3.58. The van der Waals surface area contributed by atoms with Gasteiger partial charge in [-0.15, -0.1) is 0 Å².